The molecule has 2 rings (SSSR count). The van der Waals surface area contributed by atoms with Crippen molar-refractivity contribution >= 4 is 15.9 Å². The molecule has 0 saturated carbocycles. The Morgan fingerprint density at radius 3 is 2.75 bits per heavy atom. The van der Waals surface area contributed by atoms with Gasteiger partial charge in [0, 0.05) is 15.9 Å². The van der Waals surface area contributed by atoms with Gasteiger partial charge in [-0.05, 0) is 43.5 Å². The standard InChI is InChI=1S/C13H13BrN2/c1-10-7-13(16-9-15-10)6-5-11-3-2-4-12(14)8-11/h2-4,7-9H,5-6H2,1H3. The summed E-state index contributed by atoms with van der Waals surface area (Å²) in [6.45, 7) is 1.99. The molecule has 0 aliphatic carbocycles. The van der Waals surface area contributed by atoms with Crippen LogP contribution < -0.4 is 0 Å². The zero-order valence-electron chi connectivity index (χ0n) is 9.15. The van der Waals surface area contributed by atoms with E-state index >= 15 is 0 Å². The number of rotatable bonds is 3. The van der Waals surface area contributed by atoms with E-state index in [0.717, 1.165) is 28.7 Å². The average Bonchev–Trinajstić information content (AvgIpc) is 2.27. The molecule has 0 fully saturated rings. The summed E-state index contributed by atoms with van der Waals surface area (Å²) < 4.78 is 1.13. The maximum Gasteiger partial charge on any atom is 0.115 e. The molecule has 16 heavy (non-hydrogen) atoms. The molecular weight excluding hydrogens is 264 g/mol. The predicted molar refractivity (Wildman–Crippen MR) is 68.3 cm³/mol. The van der Waals surface area contributed by atoms with Crippen LogP contribution in [0.5, 0.6) is 0 Å². The van der Waals surface area contributed by atoms with Crippen LogP contribution in [0.25, 0.3) is 0 Å². The maximum atomic E-state index is 4.25. The van der Waals surface area contributed by atoms with Gasteiger partial charge < -0.3 is 0 Å². The van der Waals surface area contributed by atoms with Crippen molar-refractivity contribution < 1.29 is 0 Å². The van der Waals surface area contributed by atoms with Gasteiger partial charge in [-0.15, -0.1) is 0 Å². The van der Waals surface area contributed by atoms with E-state index in [-0.39, 0.29) is 0 Å². The molecule has 1 aromatic heterocycles. The lowest BCUT2D eigenvalue weighted by Crippen LogP contribution is -1.96. The van der Waals surface area contributed by atoms with E-state index in [1.807, 2.05) is 19.1 Å². The van der Waals surface area contributed by atoms with Crippen LogP contribution in [0.15, 0.2) is 41.1 Å². The van der Waals surface area contributed by atoms with Crippen molar-refractivity contribution in [2.24, 2.45) is 0 Å². The van der Waals surface area contributed by atoms with Crippen LogP contribution in [0.1, 0.15) is 17.0 Å². The number of aryl methyl sites for hydroxylation is 3. The van der Waals surface area contributed by atoms with Gasteiger partial charge in [0.1, 0.15) is 6.33 Å². The largest absolute Gasteiger partial charge is 0.242 e. The normalized spacial score (nSPS) is 10.4. The van der Waals surface area contributed by atoms with E-state index < -0.39 is 0 Å². The Morgan fingerprint density at radius 2 is 2.00 bits per heavy atom. The van der Waals surface area contributed by atoms with E-state index in [2.05, 4.69) is 44.1 Å². The molecule has 0 N–H and O–H groups in total. The highest BCUT2D eigenvalue weighted by Crippen LogP contribution is 2.13. The van der Waals surface area contributed by atoms with E-state index in [1.54, 1.807) is 6.33 Å². The quantitative estimate of drug-likeness (QED) is 0.860. The number of aromatic nitrogens is 2. The molecule has 0 aliphatic heterocycles. The third-order valence-corrected chi connectivity index (χ3v) is 2.91. The van der Waals surface area contributed by atoms with Crippen molar-refractivity contribution in [2.75, 3.05) is 0 Å². The zero-order chi connectivity index (χ0) is 11.4. The average molecular weight is 277 g/mol. The first-order valence-corrected chi connectivity index (χ1v) is 6.05. The van der Waals surface area contributed by atoms with Crippen molar-refractivity contribution in [1.29, 1.82) is 0 Å². The van der Waals surface area contributed by atoms with Crippen LogP contribution in [-0.4, -0.2) is 9.97 Å². The van der Waals surface area contributed by atoms with Gasteiger partial charge in [-0.3, -0.25) is 0 Å². The lowest BCUT2D eigenvalue weighted by Gasteiger charge is -2.02. The first-order chi connectivity index (χ1) is 7.74. The summed E-state index contributed by atoms with van der Waals surface area (Å²) in [5.41, 5.74) is 3.46. The number of hydrogen-bond acceptors (Lipinski definition) is 2. The van der Waals surface area contributed by atoms with Gasteiger partial charge in [0.2, 0.25) is 0 Å². The highest BCUT2D eigenvalue weighted by atomic mass is 79.9. The SMILES string of the molecule is Cc1cc(CCc2cccc(Br)c2)ncn1. The number of benzene rings is 1. The van der Waals surface area contributed by atoms with Gasteiger partial charge in [-0.25, -0.2) is 9.97 Å². The highest BCUT2D eigenvalue weighted by Gasteiger charge is 1.98. The van der Waals surface area contributed by atoms with E-state index in [9.17, 15) is 0 Å². The van der Waals surface area contributed by atoms with Gasteiger partial charge in [-0.2, -0.15) is 0 Å². The molecule has 0 spiro atoms. The Balaban J connectivity index is 2.02. The molecule has 0 atom stereocenters. The molecule has 82 valence electrons. The fraction of sp³-hybridized carbons (Fsp3) is 0.231. The minimum absolute atomic E-state index is 0.958. The molecule has 1 heterocycles. The molecule has 0 radical (unpaired) electrons. The molecule has 0 saturated heterocycles. The van der Waals surface area contributed by atoms with Gasteiger partial charge in [-0.1, -0.05) is 28.1 Å². The number of nitrogens with zero attached hydrogens (tertiary/aromatic N) is 2. The fourth-order valence-corrected chi connectivity index (χ4v) is 2.06. The van der Waals surface area contributed by atoms with Crippen molar-refractivity contribution in [3.05, 3.63) is 58.1 Å². The highest BCUT2D eigenvalue weighted by molar-refractivity contribution is 9.10. The number of hydrogen-bond donors (Lipinski definition) is 0. The molecule has 2 aromatic rings. The van der Waals surface area contributed by atoms with Crippen molar-refractivity contribution in [3.8, 4) is 0 Å². The molecule has 1 aromatic carbocycles. The minimum atomic E-state index is 0.958. The Morgan fingerprint density at radius 1 is 1.12 bits per heavy atom. The summed E-state index contributed by atoms with van der Waals surface area (Å²) in [7, 11) is 0. The summed E-state index contributed by atoms with van der Waals surface area (Å²) in [6.07, 6.45) is 3.60. The second kappa shape index (κ2) is 5.21. The molecular formula is C13H13BrN2. The monoisotopic (exact) mass is 276 g/mol. The summed E-state index contributed by atoms with van der Waals surface area (Å²) >= 11 is 3.47. The van der Waals surface area contributed by atoms with Crippen LogP contribution >= 0.6 is 15.9 Å². The lowest BCUT2D eigenvalue weighted by molar-refractivity contribution is 0.891. The molecule has 0 unspecified atom stereocenters. The van der Waals surface area contributed by atoms with E-state index in [0.29, 0.717) is 0 Å². The van der Waals surface area contributed by atoms with Crippen molar-refractivity contribution in [2.45, 2.75) is 19.8 Å². The van der Waals surface area contributed by atoms with Gasteiger partial charge in [0.25, 0.3) is 0 Å². The second-order valence-corrected chi connectivity index (χ2v) is 4.70. The molecule has 0 aliphatic rings. The summed E-state index contributed by atoms with van der Waals surface area (Å²) in [6, 6.07) is 10.4. The minimum Gasteiger partial charge on any atom is -0.242 e. The van der Waals surface area contributed by atoms with Gasteiger partial charge in [0.05, 0.1) is 0 Å². The smallest absolute Gasteiger partial charge is 0.115 e. The predicted octanol–water partition coefficient (Wildman–Crippen LogP) is 3.33. The van der Waals surface area contributed by atoms with Gasteiger partial charge in [0.15, 0.2) is 0 Å². The van der Waals surface area contributed by atoms with E-state index in [4.69, 9.17) is 0 Å². The summed E-state index contributed by atoms with van der Waals surface area (Å²) in [5.74, 6) is 0. The van der Waals surface area contributed by atoms with Gasteiger partial charge >= 0.3 is 0 Å². The third-order valence-electron chi connectivity index (χ3n) is 2.42. The van der Waals surface area contributed by atoms with Crippen LogP contribution in [0.2, 0.25) is 0 Å². The zero-order valence-corrected chi connectivity index (χ0v) is 10.7. The third kappa shape index (κ3) is 3.14. The Bertz CT molecular complexity index is 437. The molecule has 0 amide bonds. The Labute approximate surface area is 104 Å². The first-order valence-electron chi connectivity index (χ1n) is 5.26. The molecule has 2 nitrogen and oxygen atoms in total. The Hall–Kier alpha value is -1.22. The van der Waals surface area contributed by atoms with Crippen LogP contribution in [-0.2, 0) is 12.8 Å². The first kappa shape index (κ1) is 11.3. The Kier molecular flexibility index (Phi) is 3.67. The van der Waals surface area contributed by atoms with Crippen LogP contribution in [0.4, 0.5) is 0 Å². The van der Waals surface area contributed by atoms with Crippen molar-refractivity contribution in [3.63, 3.8) is 0 Å². The lowest BCUT2D eigenvalue weighted by atomic mass is 10.1. The molecule has 0 bridgehead atoms. The number of halogens is 1. The van der Waals surface area contributed by atoms with E-state index in [1.165, 1.54) is 5.56 Å². The maximum absolute atomic E-state index is 4.25. The van der Waals surface area contributed by atoms with Crippen LogP contribution in [0, 0.1) is 6.92 Å². The van der Waals surface area contributed by atoms with Crippen LogP contribution in [0.3, 0.4) is 0 Å². The summed E-state index contributed by atoms with van der Waals surface area (Å²) in [4.78, 5) is 8.34. The van der Waals surface area contributed by atoms with Crippen molar-refractivity contribution in [1.82, 2.24) is 9.97 Å². The fourth-order valence-electron chi connectivity index (χ4n) is 1.61. The second-order valence-electron chi connectivity index (χ2n) is 3.78. The summed E-state index contributed by atoms with van der Waals surface area (Å²) in [5, 5.41) is 0. The topological polar surface area (TPSA) is 25.8 Å². The molecule has 3 heteroatoms.